The van der Waals surface area contributed by atoms with E-state index in [1.54, 1.807) is 19.2 Å². The molecule has 5 heteroatoms. The second-order valence-corrected chi connectivity index (χ2v) is 3.99. The quantitative estimate of drug-likeness (QED) is 0.892. The molecule has 0 fully saturated rings. The molecule has 0 aliphatic heterocycles. The molecule has 0 amide bonds. The van der Waals surface area contributed by atoms with E-state index < -0.39 is 5.97 Å². The molecule has 0 spiro atoms. The van der Waals surface area contributed by atoms with Crippen LogP contribution in [0.15, 0.2) is 18.2 Å². The highest BCUT2D eigenvalue weighted by atomic mass is 35.5. The zero-order valence-electron chi connectivity index (χ0n) is 9.32. The number of carbonyl (C=O) groups is 1. The topological polar surface area (TPSA) is 59.4 Å². The summed E-state index contributed by atoms with van der Waals surface area (Å²) >= 11 is 6.03. The molecular weight excluding hydrogens is 242 g/mol. The highest BCUT2D eigenvalue weighted by Gasteiger charge is 2.13. The second kappa shape index (κ2) is 4.22. The van der Waals surface area contributed by atoms with Gasteiger partial charge in [0.1, 0.15) is 11.4 Å². The number of rotatable bonds is 2. The first-order valence-corrected chi connectivity index (χ1v) is 5.29. The number of ether oxygens (including phenoxy) is 1. The van der Waals surface area contributed by atoms with E-state index in [4.69, 9.17) is 21.4 Å². The maximum atomic E-state index is 10.9. The van der Waals surface area contributed by atoms with Gasteiger partial charge in [-0.15, -0.1) is 0 Å². The van der Waals surface area contributed by atoms with Gasteiger partial charge >= 0.3 is 5.97 Å². The summed E-state index contributed by atoms with van der Waals surface area (Å²) in [5.74, 6) is -0.445. The van der Waals surface area contributed by atoms with Gasteiger partial charge in [0.2, 0.25) is 0 Å². The minimum Gasteiger partial charge on any atom is -0.496 e. The number of aromatic nitrogens is 1. The summed E-state index contributed by atoms with van der Waals surface area (Å²) in [7, 11) is 1.55. The van der Waals surface area contributed by atoms with Crippen LogP contribution < -0.4 is 4.74 Å². The summed E-state index contributed by atoms with van der Waals surface area (Å²) in [6, 6.07) is 4.89. The van der Waals surface area contributed by atoms with Gasteiger partial charge in [-0.25, -0.2) is 9.78 Å². The summed E-state index contributed by atoms with van der Waals surface area (Å²) in [5, 5.41) is 10.0. The Balaban J connectivity index is 2.83. The van der Waals surface area contributed by atoms with Crippen molar-refractivity contribution in [3.05, 3.63) is 34.5 Å². The van der Waals surface area contributed by atoms with Gasteiger partial charge in [0.15, 0.2) is 0 Å². The predicted octanol–water partition coefficient (Wildman–Crippen LogP) is 2.90. The van der Waals surface area contributed by atoms with Gasteiger partial charge in [0.05, 0.1) is 17.6 Å². The molecule has 1 heterocycles. The number of carboxylic acids is 1. The van der Waals surface area contributed by atoms with E-state index >= 15 is 0 Å². The minimum atomic E-state index is -1.10. The van der Waals surface area contributed by atoms with Crippen LogP contribution in [0, 0.1) is 6.92 Å². The molecule has 2 rings (SSSR count). The number of halogens is 1. The molecule has 1 aromatic carbocycles. The van der Waals surface area contributed by atoms with Gasteiger partial charge in [-0.1, -0.05) is 11.6 Å². The van der Waals surface area contributed by atoms with Crippen molar-refractivity contribution >= 4 is 28.5 Å². The van der Waals surface area contributed by atoms with Crippen LogP contribution in [0.5, 0.6) is 5.75 Å². The first kappa shape index (κ1) is 11.7. The van der Waals surface area contributed by atoms with Gasteiger partial charge in [0.25, 0.3) is 0 Å². The Morgan fingerprint density at radius 3 is 2.76 bits per heavy atom. The Morgan fingerprint density at radius 1 is 1.47 bits per heavy atom. The SMILES string of the molecule is COc1ccc2c(Cl)cc(C(=O)O)nc2c1C. The molecule has 0 saturated carbocycles. The van der Waals surface area contributed by atoms with Crippen LogP contribution in [0.25, 0.3) is 10.9 Å². The number of aryl methyl sites for hydroxylation is 1. The zero-order chi connectivity index (χ0) is 12.6. The van der Waals surface area contributed by atoms with E-state index in [1.165, 1.54) is 6.07 Å². The van der Waals surface area contributed by atoms with Crippen LogP contribution >= 0.6 is 11.6 Å². The molecule has 0 aliphatic rings. The molecule has 0 radical (unpaired) electrons. The fraction of sp³-hybridized carbons (Fsp3) is 0.167. The van der Waals surface area contributed by atoms with E-state index in [0.29, 0.717) is 16.3 Å². The monoisotopic (exact) mass is 251 g/mol. The minimum absolute atomic E-state index is 0.0705. The van der Waals surface area contributed by atoms with E-state index in [1.807, 2.05) is 6.92 Å². The summed E-state index contributed by atoms with van der Waals surface area (Å²) in [5.41, 5.74) is 1.25. The Bertz CT molecular complexity index is 610. The predicted molar refractivity (Wildman–Crippen MR) is 65.0 cm³/mol. The largest absolute Gasteiger partial charge is 0.496 e. The van der Waals surface area contributed by atoms with Crippen molar-refractivity contribution in [1.29, 1.82) is 0 Å². The molecule has 2 aromatic rings. The summed E-state index contributed by atoms with van der Waals surface area (Å²) < 4.78 is 5.16. The Kier molecular flexibility index (Phi) is 2.90. The molecule has 0 bridgehead atoms. The number of hydrogen-bond acceptors (Lipinski definition) is 3. The fourth-order valence-corrected chi connectivity index (χ4v) is 1.96. The molecule has 0 saturated heterocycles. The lowest BCUT2D eigenvalue weighted by Gasteiger charge is -2.09. The normalized spacial score (nSPS) is 10.5. The number of hydrogen-bond donors (Lipinski definition) is 1. The van der Waals surface area contributed by atoms with Crippen LogP contribution in [-0.2, 0) is 0 Å². The number of benzene rings is 1. The van der Waals surface area contributed by atoms with Crippen molar-refractivity contribution in [2.75, 3.05) is 7.11 Å². The average molecular weight is 252 g/mol. The van der Waals surface area contributed by atoms with Crippen molar-refractivity contribution in [1.82, 2.24) is 4.98 Å². The average Bonchev–Trinajstić information content (AvgIpc) is 2.30. The molecule has 17 heavy (non-hydrogen) atoms. The molecule has 0 aliphatic carbocycles. The number of fused-ring (bicyclic) bond motifs is 1. The molecule has 1 aromatic heterocycles. The number of methoxy groups -OCH3 is 1. The Labute approximate surface area is 103 Å². The first-order valence-electron chi connectivity index (χ1n) is 4.91. The smallest absolute Gasteiger partial charge is 0.354 e. The second-order valence-electron chi connectivity index (χ2n) is 3.58. The van der Waals surface area contributed by atoms with Gasteiger partial charge < -0.3 is 9.84 Å². The lowest BCUT2D eigenvalue weighted by Crippen LogP contribution is -2.01. The van der Waals surface area contributed by atoms with E-state index in [2.05, 4.69) is 4.98 Å². The van der Waals surface area contributed by atoms with Crippen molar-refractivity contribution in [3.63, 3.8) is 0 Å². The van der Waals surface area contributed by atoms with Crippen LogP contribution in [0.2, 0.25) is 5.02 Å². The number of aromatic carboxylic acids is 1. The lowest BCUT2D eigenvalue weighted by atomic mass is 10.1. The number of nitrogens with zero attached hydrogens (tertiary/aromatic N) is 1. The van der Waals surface area contributed by atoms with Crippen molar-refractivity contribution in [2.24, 2.45) is 0 Å². The maximum Gasteiger partial charge on any atom is 0.354 e. The van der Waals surface area contributed by atoms with Crippen LogP contribution in [0.3, 0.4) is 0 Å². The Morgan fingerprint density at radius 2 is 2.18 bits per heavy atom. The van der Waals surface area contributed by atoms with Crippen LogP contribution in [-0.4, -0.2) is 23.2 Å². The number of carboxylic acid groups (broad SMARTS) is 1. The fourth-order valence-electron chi connectivity index (χ4n) is 1.70. The highest BCUT2D eigenvalue weighted by molar-refractivity contribution is 6.35. The van der Waals surface area contributed by atoms with Gasteiger partial charge in [0, 0.05) is 10.9 Å². The molecular formula is C12H10ClNO3. The van der Waals surface area contributed by atoms with Gasteiger partial charge in [-0.3, -0.25) is 0 Å². The third kappa shape index (κ3) is 1.91. The molecule has 1 N–H and O–H groups in total. The molecule has 0 unspecified atom stereocenters. The van der Waals surface area contributed by atoms with Gasteiger partial charge in [-0.2, -0.15) is 0 Å². The van der Waals surface area contributed by atoms with Crippen molar-refractivity contribution < 1.29 is 14.6 Å². The molecule has 4 nitrogen and oxygen atoms in total. The highest BCUT2D eigenvalue weighted by Crippen LogP contribution is 2.30. The summed E-state index contributed by atoms with van der Waals surface area (Å²) in [6.45, 7) is 1.82. The van der Waals surface area contributed by atoms with E-state index in [9.17, 15) is 4.79 Å². The molecule has 0 atom stereocenters. The number of pyridine rings is 1. The third-order valence-corrected chi connectivity index (χ3v) is 2.89. The lowest BCUT2D eigenvalue weighted by molar-refractivity contribution is 0.0691. The Hall–Kier alpha value is -1.81. The maximum absolute atomic E-state index is 10.9. The van der Waals surface area contributed by atoms with E-state index in [0.717, 1.165) is 10.9 Å². The van der Waals surface area contributed by atoms with Crippen molar-refractivity contribution in [2.45, 2.75) is 6.92 Å². The van der Waals surface area contributed by atoms with Crippen LogP contribution in [0.4, 0.5) is 0 Å². The third-order valence-electron chi connectivity index (χ3n) is 2.57. The van der Waals surface area contributed by atoms with E-state index in [-0.39, 0.29) is 5.69 Å². The first-order chi connectivity index (χ1) is 8.04. The van der Waals surface area contributed by atoms with Gasteiger partial charge in [-0.05, 0) is 25.1 Å². The standard InChI is InChI=1S/C12H10ClNO3/c1-6-10(17-2)4-3-7-8(13)5-9(12(15)16)14-11(6)7/h3-5H,1-2H3,(H,15,16). The molecule has 88 valence electrons. The summed E-state index contributed by atoms with van der Waals surface area (Å²) in [6.07, 6.45) is 0. The van der Waals surface area contributed by atoms with Crippen LogP contribution in [0.1, 0.15) is 16.1 Å². The summed E-state index contributed by atoms with van der Waals surface area (Å²) in [4.78, 5) is 15.0. The van der Waals surface area contributed by atoms with Crippen molar-refractivity contribution in [3.8, 4) is 5.75 Å². The zero-order valence-corrected chi connectivity index (χ0v) is 10.1.